The number of nitrogens with one attached hydrogen (secondary N) is 2. The number of aromatic amines is 1. The van der Waals surface area contributed by atoms with Crippen molar-refractivity contribution >= 4 is 40.3 Å². The molecule has 17 heteroatoms. The maximum absolute atomic E-state index is 16.4. The fourth-order valence-corrected chi connectivity index (χ4v) is 12.8. The summed E-state index contributed by atoms with van der Waals surface area (Å²) >= 11 is 0. The van der Waals surface area contributed by atoms with Crippen LogP contribution >= 0.6 is 0 Å². The minimum absolute atomic E-state index is 0.00657. The number of piperidine rings is 3. The lowest BCUT2D eigenvalue weighted by molar-refractivity contribution is -0.140. The summed E-state index contributed by atoms with van der Waals surface area (Å²) in [5, 5.41) is 11.0. The van der Waals surface area contributed by atoms with Crippen LogP contribution in [0.25, 0.3) is 10.8 Å². The lowest BCUT2D eigenvalue weighted by Gasteiger charge is -2.40. The first-order valence-electron chi connectivity index (χ1n) is 27.8. The Hall–Kier alpha value is -6.07. The van der Waals surface area contributed by atoms with Crippen molar-refractivity contribution in [3.05, 3.63) is 111 Å². The molecule has 4 aliphatic heterocycles. The Morgan fingerprint density at radius 2 is 1.35 bits per heavy atom. The number of rotatable bonds is 13. The summed E-state index contributed by atoms with van der Waals surface area (Å²) in [5.41, 5.74) is 1.37. The van der Waals surface area contributed by atoms with Gasteiger partial charge in [-0.15, -0.1) is 0 Å². The van der Waals surface area contributed by atoms with Crippen LogP contribution in [0.2, 0.25) is 0 Å². The molecule has 5 heterocycles. The summed E-state index contributed by atoms with van der Waals surface area (Å²) in [5.74, 6) is -2.28. The van der Waals surface area contributed by atoms with Crippen molar-refractivity contribution in [3.8, 4) is 0 Å². The van der Waals surface area contributed by atoms with Gasteiger partial charge in [0, 0.05) is 89.1 Å². The van der Waals surface area contributed by atoms with Gasteiger partial charge in [-0.25, -0.2) is 13.9 Å². The number of amides is 5. The number of aromatic nitrogens is 2. The molecule has 1 unspecified atom stereocenters. The van der Waals surface area contributed by atoms with Crippen molar-refractivity contribution in [2.45, 2.75) is 127 Å². The van der Waals surface area contributed by atoms with E-state index in [0.29, 0.717) is 99.2 Å². The second-order valence-corrected chi connectivity index (χ2v) is 22.0. The van der Waals surface area contributed by atoms with E-state index in [1.54, 1.807) is 46.2 Å². The Balaban J connectivity index is 0.664. The molecule has 0 spiro atoms. The van der Waals surface area contributed by atoms with Crippen LogP contribution < -0.4 is 10.9 Å². The van der Waals surface area contributed by atoms with Crippen LogP contribution in [0.1, 0.15) is 140 Å². The highest BCUT2D eigenvalue weighted by atomic mass is 19.1. The molecule has 0 radical (unpaired) electrons. The first-order chi connectivity index (χ1) is 36.5. The smallest absolute Gasteiger partial charge is 0.272 e. The zero-order chi connectivity index (χ0) is 52.0. The van der Waals surface area contributed by atoms with Crippen LogP contribution in [0.15, 0.2) is 65.5 Å². The van der Waals surface area contributed by atoms with Crippen molar-refractivity contribution in [1.82, 2.24) is 40.0 Å². The fourth-order valence-electron chi connectivity index (χ4n) is 12.8. The number of fused-ring (bicyclic) bond motifs is 1. The maximum atomic E-state index is 16.4. The van der Waals surface area contributed by atoms with Gasteiger partial charge in [-0.05, 0) is 106 Å². The fraction of sp³-hybridized carbons (Fsp3) is 0.569. The molecule has 3 aromatic carbocycles. The molecule has 4 saturated heterocycles. The molecule has 6 aliphatic rings. The molecule has 2 atom stereocenters. The molecule has 10 rings (SSSR count). The van der Waals surface area contributed by atoms with E-state index in [9.17, 15) is 28.8 Å². The number of nitrogens with zero attached hydrogens (tertiary/aromatic N) is 6. The Morgan fingerprint density at radius 3 is 2.08 bits per heavy atom. The maximum Gasteiger partial charge on any atom is 0.272 e. The van der Waals surface area contributed by atoms with E-state index in [-0.39, 0.29) is 84.0 Å². The van der Waals surface area contributed by atoms with Crippen LogP contribution in [0.3, 0.4) is 0 Å². The summed E-state index contributed by atoms with van der Waals surface area (Å²) < 4.78 is 38.2. The highest BCUT2D eigenvalue weighted by Crippen LogP contribution is 2.35. The highest BCUT2D eigenvalue weighted by molar-refractivity contribution is 5.98. The van der Waals surface area contributed by atoms with Crippen LogP contribution in [0, 0.1) is 23.5 Å². The number of ether oxygens (including phenoxy) is 1. The number of hydrogen-bond acceptors (Lipinski definition) is 9. The highest BCUT2D eigenvalue weighted by Gasteiger charge is 2.38. The first kappa shape index (κ1) is 52.4. The van der Waals surface area contributed by atoms with E-state index >= 15 is 8.78 Å². The number of hydrogen-bond donors (Lipinski definition) is 2. The lowest BCUT2D eigenvalue weighted by atomic mass is 9.83. The van der Waals surface area contributed by atoms with Gasteiger partial charge in [-0.1, -0.05) is 68.5 Å². The van der Waals surface area contributed by atoms with Gasteiger partial charge in [0.15, 0.2) is 0 Å². The second-order valence-electron chi connectivity index (χ2n) is 22.0. The zero-order valence-electron chi connectivity index (χ0n) is 43.1. The molecule has 2 saturated carbocycles. The van der Waals surface area contributed by atoms with Gasteiger partial charge < -0.3 is 29.7 Å². The van der Waals surface area contributed by atoms with Gasteiger partial charge in [0.05, 0.1) is 41.0 Å². The predicted octanol–water partition coefficient (Wildman–Crippen LogP) is 6.82. The average molecular weight is 1030 g/mol. The standard InChI is InChI=1S/C58H72F2N8O7/c59-49-20-19-38(35-50-45-15-6-7-16-46(45)55(71)63-62-50)34-48(49)57(73)67-32-30-65(31-33-67)51(69)37-64-26-21-42(22-27-64)75-43-23-28-66(29-24-43)58(74)53(39-10-2-1-3-11-39)61-54(70)47-18-8-17-44(52(47)60)41-14-9-25-68(36-41)56(72)40-12-4-5-13-40/h6-8,15-20,34,39-43,53H,1-5,9-14,21-33,35-37H2,(H,61,70)(H,63,71)/t41?,53-/m1/s1. The number of piperazine rings is 1. The van der Waals surface area contributed by atoms with Gasteiger partial charge in [0.2, 0.25) is 17.7 Å². The molecule has 15 nitrogen and oxygen atoms in total. The van der Waals surface area contributed by atoms with Gasteiger partial charge in [-0.3, -0.25) is 33.7 Å². The molecular formula is C58H72F2N8O7. The van der Waals surface area contributed by atoms with E-state index in [1.807, 2.05) is 21.9 Å². The summed E-state index contributed by atoms with van der Waals surface area (Å²) in [6.07, 6.45) is 13.4. The number of H-pyrrole nitrogens is 1. The van der Waals surface area contributed by atoms with E-state index in [0.717, 1.165) is 83.5 Å². The van der Waals surface area contributed by atoms with E-state index in [4.69, 9.17) is 4.74 Å². The third-order valence-electron chi connectivity index (χ3n) is 17.2. The Kier molecular flexibility index (Phi) is 16.7. The van der Waals surface area contributed by atoms with E-state index < -0.39 is 29.5 Å². The van der Waals surface area contributed by atoms with Crippen LogP contribution in [0.5, 0.6) is 0 Å². The molecule has 6 fully saturated rings. The quantitative estimate of drug-likeness (QED) is 0.146. The molecule has 4 aromatic rings. The average Bonchev–Trinajstić information content (AvgIpc) is 4.00. The molecule has 0 bridgehead atoms. The van der Waals surface area contributed by atoms with Crippen LogP contribution in [-0.2, 0) is 25.5 Å². The minimum Gasteiger partial charge on any atom is -0.375 e. The lowest BCUT2D eigenvalue weighted by Crippen LogP contribution is -2.55. The number of carbonyl (C=O) groups is 5. The molecule has 2 aliphatic carbocycles. The van der Waals surface area contributed by atoms with Gasteiger partial charge in [0.25, 0.3) is 17.4 Å². The molecule has 5 amide bonds. The Labute approximate surface area is 437 Å². The van der Waals surface area contributed by atoms with Crippen LogP contribution in [0.4, 0.5) is 8.78 Å². The summed E-state index contributed by atoms with van der Waals surface area (Å²) in [4.78, 5) is 90.4. The number of halogens is 2. The second kappa shape index (κ2) is 23.9. The Bertz CT molecular complexity index is 2770. The molecular weight excluding hydrogens is 959 g/mol. The third kappa shape index (κ3) is 12.1. The first-order valence-corrected chi connectivity index (χ1v) is 27.8. The summed E-state index contributed by atoms with van der Waals surface area (Å²) in [7, 11) is 0. The zero-order valence-corrected chi connectivity index (χ0v) is 43.1. The van der Waals surface area contributed by atoms with Gasteiger partial charge in [-0.2, -0.15) is 5.10 Å². The molecule has 1 aromatic heterocycles. The largest absolute Gasteiger partial charge is 0.375 e. The summed E-state index contributed by atoms with van der Waals surface area (Å²) in [6, 6.07) is 15.8. The number of benzene rings is 3. The SMILES string of the molecule is O=C(N[C@@H](C(=O)N1CCC(OC2CCN(CC(=O)N3CCN(C(=O)c4cc(Cc5n[nH]c(=O)c6ccccc56)ccc4F)CC3)CC2)CC1)C1CCCCC1)c1cccc(C2CCCN(C(=O)C3CCCC3)C2)c1F. The van der Waals surface area contributed by atoms with E-state index in [1.165, 1.54) is 12.1 Å². The number of likely N-dealkylation sites (tertiary alicyclic amines) is 3. The van der Waals surface area contributed by atoms with Crippen LogP contribution in [-0.4, -0.2) is 154 Å². The van der Waals surface area contributed by atoms with Crippen molar-refractivity contribution < 1.29 is 37.5 Å². The van der Waals surface area contributed by atoms with E-state index in [2.05, 4.69) is 20.4 Å². The summed E-state index contributed by atoms with van der Waals surface area (Å²) in [6.45, 7) is 5.11. The predicted molar refractivity (Wildman–Crippen MR) is 279 cm³/mol. The van der Waals surface area contributed by atoms with Crippen molar-refractivity contribution in [1.29, 1.82) is 0 Å². The van der Waals surface area contributed by atoms with Gasteiger partial charge >= 0.3 is 0 Å². The normalized spacial score (nSPS) is 21.4. The molecule has 400 valence electrons. The third-order valence-corrected chi connectivity index (χ3v) is 17.2. The van der Waals surface area contributed by atoms with Crippen molar-refractivity contribution in [3.63, 3.8) is 0 Å². The Morgan fingerprint density at radius 1 is 0.667 bits per heavy atom. The topological polar surface area (TPSA) is 169 Å². The molecule has 75 heavy (non-hydrogen) atoms. The molecule has 2 N–H and O–H groups in total. The monoisotopic (exact) mass is 1030 g/mol. The number of carbonyl (C=O) groups excluding carboxylic acids is 5. The van der Waals surface area contributed by atoms with Gasteiger partial charge in [0.1, 0.15) is 17.7 Å². The minimum atomic E-state index is -0.750. The van der Waals surface area contributed by atoms with Crippen molar-refractivity contribution in [2.24, 2.45) is 11.8 Å². The van der Waals surface area contributed by atoms with Crippen molar-refractivity contribution in [2.75, 3.05) is 72.0 Å².